The fourth-order valence-electron chi connectivity index (χ4n) is 1.23. The summed E-state index contributed by atoms with van der Waals surface area (Å²) >= 11 is 0. The second-order valence-electron chi connectivity index (χ2n) is 2.97. The summed E-state index contributed by atoms with van der Waals surface area (Å²) in [6.07, 6.45) is 3.52. The number of carbonyl (C=O) groups excluding carboxylic acids is 1. The number of aliphatic hydroxyl groups excluding tert-OH is 1. The topological polar surface area (TPSA) is 53.7 Å². The third kappa shape index (κ3) is 2.60. The summed E-state index contributed by atoms with van der Waals surface area (Å²) in [5.41, 5.74) is 0.560. The maximum Gasteiger partial charge on any atom is 0.257 e. The first kappa shape index (κ1) is 10.8. The minimum Gasteiger partial charge on any atom is -0.472 e. The highest BCUT2D eigenvalue weighted by Gasteiger charge is 2.13. The summed E-state index contributed by atoms with van der Waals surface area (Å²) in [4.78, 5) is 13.4. The third-order valence-electron chi connectivity index (χ3n) is 2.02. The molecular weight excluding hydrogens is 182 g/mol. The molecule has 0 saturated heterocycles. The number of hydrogen-bond acceptors (Lipinski definition) is 3. The van der Waals surface area contributed by atoms with Crippen molar-refractivity contribution in [2.45, 2.75) is 13.3 Å². The fraction of sp³-hybridized carbons (Fsp3) is 0.500. The number of nitrogens with zero attached hydrogens (tertiary/aromatic N) is 1. The molecular formula is C10H15NO3. The van der Waals surface area contributed by atoms with E-state index in [1.54, 1.807) is 11.0 Å². The highest BCUT2D eigenvalue weighted by atomic mass is 16.3. The van der Waals surface area contributed by atoms with Crippen molar-refractivity contribution < 1.29 is 14.3 Å². The van der Waals surface area contributed by atoms with Crippen LogP contribution in [0.15, 0.2) is 23.0 Å². The van der Waals surface area contributed by atoms with Crippen LogP contribution in [0.4, 0.5) is 0 Å². The molecule has 0 spiro atoms. The van der Waals surface area contributed by atoms with Crippen LogP contribution in [-0.4, -0.2) is 35.6 Å². The lowest BCUT2D eigenvalue weighted by Crippen LogP contribution is -2.31. The van der Waals surface area contributed by atoms with E-state index in [0.717, 1.165) is 0 Å². The Balaban J connectivity index is 2.56. The van der Waals surface area contributed by atoms with Gasteiger partial charge in [0.1, 0.15) is 6.26 Å². The fourth-order valence-corrected chi connectivity index (χ4v) is 1.23. The molecule has 4 heteroatoms. The van der Waals surface area contributed by atoms with Gasteiger partial charge in [0, 0.05) is 19.7 Å². The van der Waals surface area contributed by atoms with Crippen LogP contribution in [0.3, 0.4) is 0 Å². The van der Waals surface area contributed by atoms with E-state index < -0.39 is 0 Å². The van der Waals surface area contributed by atoms with Gasteiger partial charge in [0.2, 0.25) is 0 Å². The second-order valence-corrected chi connectivity index (χ2v) is 2.97. The SMILES string of the molecule is CCN(CCCO)C(=O)c1ccoc1. The van der Waals surface area contributed by atoms with Crippen LogP contribution in [0.25, 0.3) is 0 Å². The Morgan fingerprint density at radius 1 is 1.64 bits per heavy atom. The van der Waals surface area contributed by atoms with Crippen LogP contribution < -0.4 is 0 Å². The van der Waals surface area contributed by atoms with Gasteiger partial charge in [-0.25, -0.2) is 0 Å². The van der Waals surface area contributed by atoms with Crippen LogP contribution in [0.2, 0.25) is 0 Å². The zero-order valence-electron chi connectivity index (χ0n) is 8.27. The Labute approximate surface area is 83.1 Å². The first-order valence-corrected chi connectivity index (χ1v) is 4.72. The van der Waals surface area contributed by atoms with E-state index in [4.69, 9.17) is 9.52 Å². The Bertz CT molecular complexity index is 269. The maximum atomic E-state index is 11.7. The summed E-state index contributed by atoms with van der Waals surface area (Å²) in [6.45, 7) is 3.24. The van der Waals surface area contributed by atoms with E-state index in [9.17, 15) is 4.79 Å². The average Bonchev–Trinajstić information content (AvgIpc) is 2.71. The minimum absolute atomic E-state index is 0.0466. The van der Waals surface area contributed by atoms with Crippen LogP contribution in [-0.2, 0) is 0 Å². The predicted octanol–water partition coefficient (Wildman–Crippen LogP) is 1.12. The molecule has 0 atom stereocenters. The molecule has 4 nitrogen and oxygen atoms in total. The third-order valence-corrected chi connectivity index (χ3v) is 2.02. The Morgan fingerprint density at radius 2 is 2.43 bits per heavy atom. The normalized spacial score (nSPS) is 10.1. The molecule has 0 aliphatic rings. The van der Waals surface area contributed by atoms with E-state index >= 15 is 0 Å². The van der Waals surface area contributed by atoms with Crippen molar-refractivity contribution in [3.8, 4) is 0 Å². The van der Waals surface area contributed by atoms with Gasteiger partial charge in [0.05, 0.1) is 11.8 Å². The van der Waals surface area contributed by atoms with E-state index in [2.05, 4.69) is 0 Å². The van der Waals surface area contributed by atoms with Gasteiger partial charge in [-0.05, 0) is 19.4 Å². The molecule has 1 rings (SSSR count). The maximum absolute atomic E-state index is 11.7. The number of carbonyl (C=O) groups is 1. The first-order valence-electron chi connectivity index (χ1n) is 4.72. The molecule has 0 aliphatic carbocycles. The van der Waals surface area contributed by atoms with Gasteiger partial charge in [-0.2, -0.15) is 0 Å². The van der Waals surface area contributed by atoms with Gasteiger partial charge in [-0.3, -0.25) is 4.79 Å². The Kier molecular flexibility index (Phi) is 4.19. The molecule has 14 heavy (non-hydrogen) atoms. The summed E-state index contributed by atoms with van der Waals surface area (Å²) in [5.74, 6) is -0.0466. The van der Waals surface area contributed by atoms with Crippen molar-refractivity contribution in [3.05, 3.63) is 24.2 Å². The van der Waals surface area contributed by atoms with Crippen LogP contribution in [0.1, 0.15) is 23.7 Å². The highest BCUT2D eigenvalue weighted by molar-refractivity contribution is 5.93. The minimum atomic E-state index is -0.0466. The van der Waals surface area contributed by atoms with Gasteiger partial charge >= 0.3 is 0 Å². The highest BCUT2D eigenvalue weighted by Crippen LogP contribution is 2.05. The first-order chi connectivity index (χ1) is 6.79. The molecule has 1 N–H and O–H groups in total. The van der Waals surface area contributed by atoms with Crippen molar-refractivity contribution in [3.63, 3.8) is 0 Å². The summed E-state index contributed by atoms with van der Waals surface area (Å²) in [6, 6.07) is 1.64. The van der Waals surface area contributed by atoms with Crippen molar-refractivity contribution in [2.75, 3.05) is 19.7 Å². The van der Waals surface area contributed by atoms with E-state index in [1.807, 2.05) is 6.92 Å². The second kappa shape index (κ2) is 5.44. The molecule has 1 amide bonds. The number of hydrogen-bond donors (Lipinski definition) is 1. The van der Waals surface area contributed by atoms with Crippen molar-refractivity contribution in [1.29, 1.82) is 0 Å². The van der Waals surface area contributed by atoms with Crippen LogP contribution in [0, 0.1) is 0 Å². The van der Waals surface area contributed by atoms with Gasteiger partial charge in [-0.15, -0.1) is 0 Å². The molecule has 0 unspecified atom stereocenters. The summed E-state index contributed by atoms with van der Waals surface area (Å²) in [7, 11) is 0. The Hall–Kier alpha value is -1.29. The summed E-state index contributed by atoms with van der Waals surface area (Å²) in [5, 5.41) is 8.67. The lowest BCUT2D eigenvalue weighted by atomic mass is 10.2. The standard InChI is InChI=1S/C10H15NO3/c1-2-11(5-3-6-12)10(13)9-4-7-14-8-9/h4,7-8,12H,2-3,5-6H2,1H3. The molecule has 0 radical (unpaired) electrons. The number of furan rings is 1. The molecule has 1 aromatic heterocycles. The van der Waals surface area contributed by atoms with Crippen LogP contribution in [0.5, 0.6) is 0 Å². The van der Waals surface area contributed by atoms with E-state index in [1.165, 1.54) is 12.5 Å². The van der Waals surface area contributed by atoms with Crippen molar-refractivity contribution >= 4 is 5.91 Å². The monoisotopic (exact) mass is 197 g/mol. The average molecular weight is 197 g/mol. The molecule has 78 valence electrons. The van der Waals surface area contributed by atoms with E-state index in [-0.39, 0.29) is 12.5 Å². The number of amides is 1. The molecule has 1 aromatic rings. The Morgan fingerprint density at radius 3 is 2.93 bits per heavy atom. The number of aliphatic hydroxyl groups is 1. The zero-order chi connectivity index (χ0) is 10.4. The molecule has 0 bridgehead atoms. The number of rotatable bonds is 5. The van der Waals surface area contributed by atoms with Crippen LogP contribution >= 0.6 is 0 Å². The predicted molar refractivity (Wildman–Crippen MR) is 52.0 cm³/mol. The molecule has 1 heterocycles. The van der Waals surface area contributed by atoms with Gasteiger partial charge in [0.15, 0.2) is 0 Å². The van der Waals surface area contributed by atoms with Gasteiger partial charge in [0.25, 0.3) is 5.91 Å². The smallest absolute Gasteiger partial charge is 0.257 e. The quantitative estimate of drug-likeness (QED) is 0.769. The molecule has 0 fully saturated rings. The molecule has 0 aliphatic heterocycles. The summed E-state index contributed by atoms with van der Waals surface area (Å²) < 4.78 is 4.84. The van der Waals surface area contributed by atoms with E-state index in [0.29, 0.717) is 25.1 Å². The lowest BCUT2D eigenvalue weighted by Gasteiger charge is -2.19. The lowest BCUT2D eigenvalue weighted by molar-refractivity contribution is 0.0753. The van der Waals surface area contributed by atoms with Crippen molar-refractivity contribution in [2.24, 2.45) is 0 Å². The molecule has 0 saturated carbocycles. The molecule has 0 aromatic carbocycles. The van der Waals surface area contributed by atoms with Gasteiger partial charge in [-0.1, -0.05) is 0 Å². The largest absolute Gasteiger partial charge is 0.472 e. The van der Waals surface area contributed by atoms with Gasteiger partial charge < -0.3 is 14.4 Å². The van der Waals surface area contributed by atoms with Crippen molar-refractivity contribution in [1.82, 2.24) is 4.90 Å². The zero-order valence-corrected chi connectivity index (χ0v) is 8.27.